The summed E-state index contributed by atoms with van der Waals surface area (Å²) >= 11 is 0.940. The molecular formula is C29H24F3N5O5S. The van der Waals surface area contributed by atoms with E-state index in [9.17, 15) is 19.6 Å². The molecule has 2 atom stereocenters. The number of halogens is 3. The molecule has 0 radical (unpaired) electrons. The molecule has 222 valence electrons. The zero-order chi connectivity index (χ0) is 30.0. The smallest absolute Gasteiger partial charge is 0.409 e. The Kier molecular flexibility index (Phi) is 6.57. The molecule has 0 aliphatic carbocycles. The zero-order valence-electron chi connectivity index (χ0n) is 22.8. The summed E-state index contributed by atoms with van der Waals surface area (Å²) in [5, 5.41) is 21.7. The third-order valence-electron chi connectivity index (χ3n) is 8.56. The molecule has 3 aliphatic heterocycles. The summed E-state index contributed by atoms with van der Waals surface area (Å²) in [6.45, 7) is 1.21. The summed E-state index contributed by atoms with van der Waals surface area (Å²) in [7, 11) is 1.38. The average molecular weight is 612 g/mol. The minimum atomic E-state index is -1.40. The Labute approximate surface area is 246 Å². The lowest BCUT2D eigenvalue weighted by Gasteiger charge is -2.30. The first kappa shape index (κ1) is 27.6. The van der Waals surface area contributed by atoms with Gasteiger partial charge in [0, 0.05) is 34.2 Å². The number of nitrogens with one attached hydrogen (secondary N) is 1. The van der Waals surface area contributed by atoms with E-state index in [-0.39, 0.29) is 69.7 Å². The Balaban J connectivity index is 1.42. The summed E-state index contributed by atoms with van der Waals surface area (Å²) in [6.07, 6.45) is -0.364. The zero-order valence-corrected chi connectivity index (χ0v) is 23.6. The van der Waals surface area contributed by atoms with Gasteiger partial charge in [-0.3, -0.25) is 10.2 Å². The lowest BCUT2D eigenvalue weighted by molar-refractivity contribution is 0.107. The third-order valence-corrected chi connectivity index (χ3v) is 9.63. The number of fused-ring (bicyclic) bond motifs is 5. The maximum absolute atomic E-state index is 16.8. The second-order valence-electron chi connectivity index (χ2n) is 10.9. The molecule has 2 aromatic carbocycles. The number of ether oxygens (including phenoxy) is 3. The summed E-state index contributed by atoms with van der Waals surface area (Å²) in [6, 6.07) is 4.33. The molecule has 0 saturated carbocycles. The van der Waals surface area contributed by atoms with Crippen LogP contribution in [0.2, 0.25) is 0 Å². The van der Waals surface area contributed by atoms with Crippen molar-refractivity contribution >= 4 is 43.4 Å². The molecule has 14 heteroatoms. The Bertz CT molecular complexity index is 1880. The van der Waals surface area contributed by atoms with Crippen LogP contribution in [-0.2, 0) is 18.0 Å². The van der Waals surface area contributed by atoms with E-state index in [1.54, 1.807) is 0 Å². The standard InChI is InChI=1S/C29H24F3N5O5S/c1-40-25-21-16-11-41-10-15(16)20(22-17(31)3-4-18-19(22)14(8-33)26(43-18)36-28(38)39)23(32)24(21)34-27(35-25)42-12-29-5-2-6-37(29)9-13(30)7-29/h3-4,13,36H,2,5-7,9-12H2,1H3,(H,38,39)/t13-,29+/m1/s1. The van der Waals surface area contributed by atoms with E-state index in [0.717, 1.165) is 36.8 Å². The van der Waals surface area contributed by atoms with Gasteiger partial charge in [0.25, 0.3) is 0 Å². The normalized spacial score (nSPS) is 21.2. The highest BCUT2D eigenvalue weighted by Gasteiger charge is 2.49. The van der Waals surface area contributed by atoms with Crippen LogP contribution in [-0.4, -0.2) is 64.6 Å². The quantitative estimate of drug-likeness (QED) is 0.280. The number of carbonyl (C=O) groups is 1. The third kappa shape index (κ3) is 4.25. The molecule has 10 nitrogen and oxygen atoms in total. The van der Waals surface area contributed by atoms with Gasteiger partial charge in [-0.2, -0.15) is 15.2 Å². The van der Waals surface area contributed by atoms with Crippen LogP contribution in [0.4, 0.5) is 23.0 Å². The Morgan fingerprint density at radius 1 is 1.28 bits per heavy atom. The highest BCUT2D eigenvalue weighted by atomic mass is 32.1. The van der Waals surface area contributed by atoms with Crippen LogP contribution < -0.4 is 14.8 Å². The Morgan fingerprint density at radius 3 is 2.86 bits per heavy atom. The Morgan fingerprint density at radius 2 is 2.09 bits per heavy atom. The summed E-state index contributed by atoms with van der Waals surface area (Å²) < 4.78 is 64.4. The maximum atomic E-state index is 16.8. The topological polar surface area (TPSA) is 130 Å². The molecule has 2 fully saturated rings. The van der Waals surface area contributed by atoms with E-state index in [0.29, 0.717) is 28.8 Å². The highest BCUT2D eigenvalue weighted by molar-refractivity contribution is 7.23. The number of hydrogen-bond acceptors (Lipinski definition) is 9. The van der Waals surface area contributed by atoms with Gasteiger partial charge in [-0.05, 0) is 42.6 Å². The van der Waals surface area contributed by atoms with Gasteiger partial charge in [0.2, 0.25) is 5.88 Å². The van der Waals surface area contributed by atoms with Gasteiger partial charge in [0.1, 0.15) is 35.2 Å². The van der Waals surface area contributed by atoms with Crippen molar-refractivity contribution in [3.63, 3.8) is 0 Å². The molecule has 2 saturated heterocycles. The van der Waals surface area contributed by atoms with E-state index in [1.165, 1.54) is 13.2 Å². The van der Waals surface area contributed by atoms with Crippen LogP contribution in [0.25, 0.3) is 32.1 Å². The minimum absolute atomic E-state index is 0.00612. The molecule has 0 bridgehead atoms. The first-order chi connectivity index (χ1) is 20.7. The molecular weight excluding hydrogens is 587 g/mol. The predicted molar refractivity (Wildman–Crippen MR) is 150 cm³/mol. The SMILES string of the molecule is COc1nc(OC[C@@]23CCCN2C[C@H](F)C3)nc2c(F)c(-c3c(F)ccc4sc(NC(=O)O)c(C#N)c34)c3c(c12)COC3. The molecule has 3 aliphatic rings. The van der Waals surface area contributed by atoms with Gasteiger partial charge < -0.3 is 19.3 Å². The van der Waals surface area contributed by atoms with E-state index in [1.807, 2.05) is 6.07 Å². The van der Waals surface area contributed by atoms with Crippen LogP contribution >= 0.6 is 11.3 Å². The number of nitrogens with zero attached hydrogens (tertiary/aromatic N) is 4. The van der Waals surface area contributed by atoms with Crippen LogP contribution in [0.15, 0.2) is 12.1 Å². The second kappa shape index (κ2) is 10.2. The van der Waals surface area contributed by atoms with Crippen molar-refractivity contribution in [2.45, 2.75) is 44.2 Å². The number of aromatic nitrogens is 2. The average Bonchev–Trinajstić information content (AvgIpc) is 3.74. The lowest BCUT2D eigenvalue weighted by atomic mass is 9.90. The van der Waals surface area contributed by atoms with Crippen LogP contribution in [0, 0.1) is 23.0 Å². The van der Waals surface area contributed by atoms with Crippen LogP contribution in [0.5, 0.6) is 11.9 Å². The number of hydrogen-bond donors (Lipinski definition) is 2. The monoisotopic (exact) mass is 611 g/mol. The number of rotatable bonds is 6. The van der Waals surface area contributed by atoms with Crippen LogP contribution in [0.1, 0.15) is 36.0 Å². The van der Waals surface area contributed by atoms with Crippen molar-refractivity contribution in [1.29, 1.82) is 5.26 Å². The number of amides is 1. The number of benzene rings is 2. The van der Waals surface area contributed by atoms with E-state index >= 15 is 8.78 Å². The van der Waals surface area contributed by atoms with Crippen molar-refractivity contribution in [2.24, 2.45) is 0 Å². The molecule has 0 unspecified atom stereocenters. The summed E-state index contributed by atoms with van der Waals surface area (Å²) in [5.41, 5.74) is -0.320. The van der Waals surface area contributed by atoms with Crippen LogP contribution in [0.3, 0.4) is 0 Å². The van der Waals surface area contributed by atoms with Gasteiger partial charge in [-0.15, -0.1) is 11.3 Å². The van der Waals surface area contributed by atoms with Gasteiger partial charge in [0.15, 0.2) is 5.82 Å². The minimum Gasteiger partial charge on any atom is -0.480 e. The Hall–Kier alpha value is -4.19. The number of anilines is 1. The second-order valence-corrected chi connectivity index (χ2v) is 11.9. The molecule has 7 rings (SSSR count). The number of nitriles is 1. The predicted octanol–water partition coefficient (Wildman–Crippen LogP) is 5.75. The van der Waals surface area contributed by atoms with Crippen molar-refractivity contribution < 1.29 is 37.3 Å². The molecule has 2 aromatic heterocycles. The molecule has 2 N–H and O–H groups in total. The summed E-state index contributed by atoms with van der Waals surface area (Å²) in [5.74, 6) is -1.66. The lowest BCUT2D eigenvalue weighted by Crippen LogP contribution is -2.43. The maximum Gasteiger partial charge on any atom is 0.409 e. The molecule has 0 spiro atoms. The number of thiophene rings is 1. The van der Waals surface area contributed by atoms with Crippen molar-refractivity contribution in [1.82, 2.24) is 14.9 Å². The van der Waals surface area contributed by atoms with E-state index < -0.39 is 29.4 Å². The molecule has 1 amide bonds. The number of alkyl halides is 1. The van der Waals surface area contributed by atoms with Gasteiger partial charge >= 0.3 is 12.1 Å². The van der Waals surface area contributed by atoms with E-state index in [4.69, 9.17) is 14.2 Å². The van der Waals surface area contributed by atoms with Crippen molar-refractivity contribution in [3.05, 3.63) is 40.5 Å². The number of carboxylic acid groups (broad SMARTS) is 1. The van der Waals surface area contributed by atoms with E-state index in [2.05, 4.69) is 20.2 Å². The molecule has 4 aromatic rings. The van der Waals surface area contributed by atoms with Crippen molar-refractivity contribution in [2.75, 3.05) is 32.1 Å². The highest BCUT2D eigenvalue weighted by Crippen LogP contribution is 2.48. The fraction of sp³-hybridized carbons (Fsp3) is 0.379. The molecule has 43 heavy (non-hydrogen) atoms. The first-order valence-corrected chi connectivity index (χ1v) is 14.4. The summed E-state index contributed by atoms with van der Waals surface area (Å²) in [4.78, 5) is 22.2. The first-order valence-electron chi connectivity index (χ1n) is 13.6. The molecule has 5 heterocycles. The number of methoxy groups -OCH3 is 1. The fourth-order valence-electron chi connectivity index (χ4n) is 6.80. The fourth-order valence-corrected chi connectivity index (χ4v) is 7.85. The van der Waals surface area contributed by atoms with Gasteiger partial charge in [-0.25, -0.2) is 18.0 Å². The van der Waals surface area contributed by atoms with Crippen molar-refractivity contribution in [3.8, 4) is 29.1 Å². The van der Waals surface area contributed by atoms with Gasteiger partial charge in [-0.1, -0.05) is 0 Å². The largest absolute Gasteiger partial charge is 0.480 e. The van der Waals surface area contributed by atoms with Gasteiger partial charge in [0.05, 0.1) is 36.8 Å².